The summed E-state index contributed by atoms with van der Waals surface area (Å²) in [4.78, 5) is 0. The van der Waals surface area contributed by atoms with Crippen molar-refractivity contribution in [3.63, 3.8) is 0 Å². The van der Waals surface area contributed by atoms with Crippen LogP contribution in [0.3, 0.4) is 0 Å². The second-order valence-corrected chi connectivity index (χ2v) is 3.95. The SMILES string of the molecule is C=CCCC(NN)C(C)(C)C. The molecular formula is C9H20N2. The topological polar surface area (TPSA) is 38.0 Å². The van der Waals surface area contributed by atoms with E-state index in [2.05, 4.69) is 32.8 Å². The Kier molecular flexibility index (Phi) is 4.38. The largest absolute Gasteiger partial charge is 0.271 e. The maximum atomic E-state index is 5.42. The van der Waals surface area contributed by atoms with Crippen molar-refractivity contribution in [2.75, 3.05) is 0 Å². The zero-order valence-electron chi connectivity index (χ0n) is 7.85. The summed E-state index contributed by atoms with van der Waals surface area (Å²) < 4.78 is 0. The van der Waals surface area contributed by atoms with Crippen LogP contribution in [0.15, 0.2) is 12.7 Å². The van der Waals surface area contributed by atoms with E-state index in [1.165, 1.54) is 0 Å². The normalized spacial score (nSPS) is 14.5. The lowest BCUT2D eigenvalue weighted by Gasteiger charge is -2.29. The number of nitrogens with one attached hydrogen (secondary N) is 1. The van der Waals surface area contributed by atoms with Crippen LogP contribution in [0.2, 0.25) is 0 Å². The molecule has 0 rings (SSSR count). The van der Waals surface area contributed by atoms with Crippen LogP contribution in [0.4, 0.5) is 0 Å². The van der Waals surface area contributed by atoms with Crippen LogP contribution >= 0.6 is 0 Å². The molecule has 0 bridgehead atoms. The Labute approximate surface area is 69.8 Å². The van der Waals surface area contributed by atoms with Gasteiger partial charge in [0.15, 0.2) is 0 Å². The first-order valence-electron chi connectivity index (χ1n) is 4.09. The van der Waals surface area contributed by atoms with Gasteiger partial charge in [0.1, 0.15) is 0 Å². The van der Waals surface area contributed by atoms with Crippen molar-refractivity contribution in [3.8, 4) is 0 Å². The van der Waals surface area contributed by atoms with E-state index in [1.54, 1.807) is 0 Å². The lowest BCUT2D eigenvalue weighted by molar-refractivity contribution is 0.258. The minimum absolute atomic E-state index is 0.234. The molecule has 0 aromatic carbocycles. The van der Waals surface area contributed by atoms with E-state index in [1.807, 2.05) is 6.08 Å². The van der Waals surface area contributed by atoms with Gasteiger partial charge in [0, 0.05) is 6.04 Å². The number of rotatable bonds is 4. The number of hydrogen-bond acceptors (Lipinski definition) is 2. The Morgan fingerprint density at radius 2 is 2.09 bits per heavy atom. The predicted octanol–water partition coefficient (Wildman–Crippen LogP) is 1.83. The van der Waals surface area contributed by atoms with Crippen LogP contribution < -0.4 is 11.3 Å². The molecule has 11 heavy (non-hydrogen) atoms. The first kappa shape index (κ1) is 10.7. The maximum Gasteiger partial charge on any atom is 0.0261 e. The molecule has 0 aliphatic heterocycles. The van der Waals surface area contributed by atoms with E-state index < -0.39 is 0 Å². The molecule has 2 heteroatoms. The van der Waals surface area contributed by atoms with E-state index in [9.17, 15) is 0 Å². The zero-order valence-corrected chi connectivity index (χ0v) is 7.85. The highest BCUT2D eigenvalue weighted by molar-refractivity contribution is 4.81. The Morgan fingerprint density at radius 3 is 2.36 bits per heavy atom. The molecule has 0 aromatic rings. The van der Waals surface area contributed by atoms with Crippen LogP contribution in [-0.2, 0) is 0 Å². The Morgan fingerprint density at radius 1 is 1.55 bits per heavy atom. The zero-order chi connectivity index (χ0) is 8.91. The van der Waals surface area contributed by atoms with E-state index in [0.29, 0.717) is 6.04 Å². The van der Waals surface area contributed by atoms with Gasteiger partial charge in [-0.15, -0.1) is 6.58 Å². The minimum Gasteiger partial charge on any atom is -0.271 e. The van der Waals surface area contributed by atoms with Crippen molar-refractivity contribution < 1.29 is 0 Å². The van der Waals surface area contributed by atoms with E-state index in [0.717, 1.165) is 12.8 Å². The molecule has 0 heterocycles. The van der Waals surface area contributed by atoms with Crippen molar-refractivity contribution >= 4 is 0 Å². The van der Waals surface area contributed by atoms with Gasteiger partial charge < -0.3 is 0 Å². The van der Waals surface area contributed by atoms with Gasteiger partial charge in [-0.3, -0.25) is 11.3 Å². The third kappa shape index (κ3) is 4.17. The summed E-state index contributed by atoms with van der Waals surface area (Å²) >= 11 is 0. The van der Waals surface area contributed by atoms with Crippen LogP contribution in [-0.4, -0.2) is 6.04 Å². The van der Waals surface area contributed by atoms with Gasteiger partial charge in [-0.1, -0.05) is 26.8 Å². The van der Waals surface area contributed by atoms with E-state index in [4.69, 9.17) is 5.84 Å². The molecule has 0 aliphatic rings. The summed E-state index contributed by atoms with van der Waals surface area (Å²) in [5.74, 6) is 5.42. The third-order valence-corrected chi connectivity index (χ3v) is 1.91. The number of allylic oxidation sites excluding steroid dienone is 1. The molecule has 0 fully saturated rings. The predicted molar refractivity (Wildman–Crippen MR) is 50.0 cm³/mol. The standard InChI is InChI=1S/C9H20N2/c1-5-6-7-8(11-10)9(2,3)4/h5,8,11H,1,6-7,10H2,2-4H3. The van der Waals surface area contributed by atoms with Crippen LogP contribution in [0.5, 0.6) is 0 Å². The summed E-state index contributed by atoms with van der Waals surface area (Å²) in [5, 5.41) is 0. The van der Waals surface area contributed by atoms with E-state index in [-0.39, 0.29) is 5.41 Å². The molecule has 0 saturated heterocycles. The first-order valence-corrected chi connectivity index (χ1v) is 4.09. The molecule has 0 saturated carbocycles. The second-order valence-electron chi connectivity index (χ2n) is 3.95. The van der Waals surface area contributed by atoms with Gasteiger partial charge in [0.25, 0.3) is 0 Å². The molecule has 0 aromatic heterocycles. The Hall–Kier alpha value is -0.340. The number of nitrogens with two attached hydrogens (primary N) is 1. The Bertz CT molecular complexity index is 113. The smallest absolute Gasteiger partial charge is 0.0261 e. The summed E-state index contributed by atoms with van der Waals surface area (Å²) in [5.41, 5.74) is 3.06. The highest BCUT2D eigenvalue weighted by Gasteiger charge is 2.21. The summed E-state index contributed by atoms with van der Waals surface area (Å²) in [7, 11) is 0. The van der Waals surface area contributed by atoms with Crippen LogP contribution in [0.1, 0.15) is 33.6 Å². The molecule has 0 aliphatic carbocycles. The van der Waals surface area contributed by atoms with Gasteiger partial charge in [-0.05, 0) is 18.3 Å². The monoisotopic (exact) mass is 156 g/mol. The summed E-state index contributed by atoms with van der Waals surface area (Å²) in [6.07, 6.45) is 4.01. The van der Waals surface area contributed by atoms with E-state index >= 15 is 0 Å². The molecule has 3 N–H and O–H groups in total. The first-order chi connectivity index (χ1) is 5.02. The van der Waals surface area contributed by atoms with Gasteiger partial charge in [0.05, 0.1) is 0 Å². The summed E-state index contributed by atoms with van der Waals surface area (Å²) in [6.45, 7) is 10.2. The molecular weight excluding hydrogens is 136 g/mol. The van der Waals surface area contributed by atoms with Crippen LogP contribution in [0, 0.1) is 5.41 Å². The third-order valence-electron chi connectivity index (χ3n) is 1.91. The fraction of sp³-hybridized carbons (Fsp3) is 0.778. The van der Waals surface area contributed by atoms with Crippen molar-refractivity contribution in [1.29, 1.82) is 0 Å². The second kappa shape index (κ2) is 4.52. The highest BCUT2D eigenvalue weighted by atomic mass is 15.2. The summed E-state index contributed by atoms with van der Waals surface area (Å²) in [6, 6.07) is 0.375. The quantitative estimate of drug-likeness (QED) is 0.370. The van der Waals surface area contributed by atoms with Gasteiger partial charge in [-0.2, -0.15) is 0 Å². The fourth-order valence-electron chi connectivity index (χ4n) is 1.05. The van der Waals surface area contributed by atoms with Gasteiger partial charge in [0.2, 0.25) is 0 Å². The molecule has 66 valence electrons. The average molecular weight is 156 g/mol. The van der Waals surface area contributed by atoms with Gasteiger partial charge in [-0.25, -0.2) is 0 Å². The van der Waals surface area contributed by atoms with Crippen molar-refractivity contribution in [2.24, 2.45) is 11.3 Å². The maximum absolute atomic E-state index is 5.42. The van der Waals surface area contributed by atoms with Crippen molar-refractivity contribution in [2.45, 2.75) is 39.7 Å². The molecule has 0 spiro atoms. The van der Waals surface area contributed by atoms with Crippen molar-refractivity contribution in [1.82, 2.24) is 5.43 Å². The van der Waals surface area contributed by atoms with Crippen molar-refractivity contribution in [3.05, 3.63) is 12.7 Å². The van der Waals surface area contributed by atoms with Crippen LogP contribution in [0.25, 0.3) is 0 Å². The molecule has 2 nitrogen and oxygen atoms in total. The fourth-order valence-corrected chi connectivity index (χ4v) is 1.05. The number of hydrogen-bond donors (Lipinski definition) is 2. The highest BCUT2D eigenvalue weighted by Crippen LogP contribution is 2.21. The Balaban J connectivity index is 3.85. The molecule has 0 amide bonds. The average Bonchev–Trinajstić information content (AvgIpc) is 1.87. The molecule has 1 atom stereocenters. The number of hydrazine groups is 1. The lowest BCUT2D eigenvalue weighted by atomic mass is 9.84. The molecule has 1 unspecified atom stereocenters. The van der Waals surface area contributed by atoms with Gasteiger partial charge >= 0.3 is 0 Å². The minimum atomic E-state index is 0.234. The molecule has 0 radical (unpaired) electrons. The lowest BCUT2D eigenvalue weighted by Crippen LogP contribution is -2.44.